The highest BCUT2D eigenvalue weighted by molar-refractivity contribution is 5.29. The van der Waals surface area contributed by atoms with Crippen LogP contribution >= 0.6 is 0 Å². The minimum Gasteiger partial charge on any atom is -0.381 e. The summed E-state index contributed by atoms with van der Waals surface area (Å²) in [4.78, 5) is 6.98. The number of nitrogens with zero attached hydrogens (tertiary/aromatic N) is 2. The van der Waals surface area contributed by atoms with Crippen molar-refractivity contribution in [2.24, 2.45) is 0 Å². The first-order chi connectivity index (χ1) is 9.63. The van der Waals surface area contributed by atoms with Crippen LogP contribution in [0.1, 0.15) is 49.1 Å². The Labute approximate surface area is 120 Å². The molecule has 0 amide bonds. The number of hydrogen-bond donors (Lipinski definition) is 0. The minimum absolute atomic E-state index is 0.424. The van der Waals surface area contributed by atoms with Crippen molar-refractivity contribution in [3.63, 3.8) is 0 Å². The zero-order valence-corrected chi connectivity index (χ0v) is 12.3. The monoisotopic (exact) mass is 278 g/mol. The van der Waals surface area contributed by atoms with E-state index in [1.165, 1.54) is 5.56 Å². The number of aromatic nitrogens is 1. The van der Waals surface area contributed by atoms with Crippen molar-refractivity contribution in [3.8, 4) is 0 Å². The van der Waals surface area contributed by atoms with Crippen LogP contribution in [0.15, 0.2) is 12.1 Å². The molecule has 2 aliphatic rings. The highest BCUT2D eigenvalue weighted by atomic mass is 19.1. The third kappa shape index (κ3) is 2.86. The Balaban J connectivity index is 1.83. The van der Waals surface area contributed by atoms with Crippen LogP contribution in [0.5, 0.6) is 0 Å². The predicted octanol–water partition coefficient (Wildman–Crippen LogP) is 2.86. The first-order valence-electron chi connectivity index (χ1n) is 7.57. The Morgan fingerprint density at radius 1 is 1.40 bits per heavy atom. The summed E-state index contributed by atoms with van der Waals surface area (Å²) in [5.74, 6) is 0.883. The van der Waals surface area contributed by atoms with Crippen LogP contribution in [0.2, 0.25) is 0 Å². The normalized spacial score (nSPS) is 24.3. The molecule has 0 N–H and O–H groups in total. The summed E-state index contributed by atoms with van der Waals surface area (Å²) < 4.78 is 18.5. The molecular formula is C16H23FN2O. The highest BCUT2D eigenvalue weighted by Gasteiger charge is 2.29. The van der Waals surface area contributed by atoms with Crippen LogP contribution in [-0.4, -0.2) is 42.4 Å². The van der Waals surface area contributed by atoms with Crippen LogP contribution in [-0.2, 0) is 11.3 Å². The molecular weight excluding hydrogens is 255 g/mol. The van der Waals surface area contributed by atoms with Crippen molar-refractivity contribution >= 4 is 0 Å². The molecule has 3 nitrogen and oxygen atoms in total. The summed E-state index contributed by atoms with van der Waals surface area (Å²) in [6.45, 7) is 7.82. The van der Waals surface area contributed by atoms with E-state index in [2.05, 4.69) is 30.9 Å². The molecule has 0 unspecified atom stereocenters. The summed E-state index contributed by atoms with van der Waals surface area (Å²) >= 11 is 0. The van der Waals surface area contributed by atoms with Gasteiger partial charge in [-0.2, -0.15) is 0 Å². The Morgan fingerprint density at radius 3 is 2.80 bits per heavy atom. The summed E-state index contributed by atoms with van der Waals surface area (Å²) in [7, 11) is 0. The number of pyridine rings is 1. The summed E-state index contributed by atoms with van der Waals surface area (Å²) in [6.07, 6.45) is 0.420. The fourth-order valence-electron chi connectivity index (χ4n) is 2.98. The minimum atomic E-state index is -0.651. The average Bonchev–Trinajstić information content (AvgIpc) is 2.90. The molecule has 1 aromatic rings. The van der Waals surface area contributed by atoms with Gasteiger partial charge >= 0.3 is 0 Å². The van der Waals surface area contributed by atoms with Gasteiger partial charge in [0.1, 0.15) is 6.17 Å². The molecule has 0 spiro atoms. The molecule has 110 valence electrons. The van der Waals surface area contributed by atoms with E-state index in [-0.39, 0.29) is 0 Å². The van der Waals surface area contributed by atoms with Crippen molar-refractivity contribution in [2.75, 3.05) is 26.3 Å². The van der Waals surface area contributed by atoms with Crippen LogP contribution in [0.4, 0.5) is 4.39 Å². The van der Waals surface area contributed by atoms with Crippen LogP contribution in [0, 0.1) is 0 Å². The molecule has 2 aliphatic heterocycles. The van der Waals surface area contributed by atoms with E-state index < -0.39 is 6.17 Å². The van der Waals surface area contributed by atoms with Crippen LogP contribution in [0.3, 0.4) is 0 Å². The zero-order valence-electron chi connectivity index (χ0n) is 12.3. The van der Waals surface area contributed by atoms with Crippen molar-refractivity contribution in [1.29, 1.82) is 0 Å². The summed E-state index contributed by atoms with van der Waals surface area (Å²) in [6, 6.07) is 4.35. The zero-order chi connectivity index (χ0) is 14.1. The number of alkyl halides is 1. The molecule has 0 aromatic carbocycles. The Kier molecular flexibility index (Phi) is 4.03. The van der Waals surface area contributed by atoms with Gasteiger partial charge in [0.2, 0.25) is 0 Å². The SMILES string of the molecule is CC(C)c1ccc([C@H]2CCOC2)c(CN2CC(F)C2)n1. The van der Waals surface area contributed by atoms with E-state index in [4.69, 9.17) is 9.72 Å². The maximum atomic E-state index is 13.0. The molecule has 3 heterocycles. The fraction of sp³-hybridized carbons (Fsp3) is 0.688. The van der Waals surface area contributed by atoms with E-state index in [0.717, 1.165) is 37.6 Å². The predicted molar refractivity (Wildman–Crippen MR) is 76.7 cm³/mol. The van der Waals surface area contributed by atoms with Crippen LogP contribution in [0.25, 0.3) is 0 Å². The fourth-order valence-corrected chi connectivity index (χ4v) is 2.98. The Morgan fingerprint density at radius 2 is 2.20 bits per heavy atom. The van der Waals surface area contributed by atoms with E-state index in [9.17, 15) is 4.39 Å². The van der Waals surface area contributed by atoms with Gasteiger partial charge in [0, 0.05) is 37.9 Å². The van der Waals surface area contributed by atoms with Crippen molar-refractivity contribution in [1.82, 2.24) is 9.88 Å². The quantitative estimate of drug-likeness (QED) is 0.847. The lowest BCUT2D eigenvalue weighted by atomic mass is 9.94. The van der Waals surface area contributed by atoms with Crippen molar-refractivity contribution in [2.45, 2.75) is 44.8 Å². The number of rotatable bonds is 4. The van der Waals surface area contributed by atoms with Gasteiger partial charge in [0.15, 0.2) is 0 Å². The van der Waals surface area contributed by atoms with E-state index in [0.29, 0.717) is 24.9 Å². The topological polar surface area (TPSA) is 25.4 Å². The first-order valence-corrected chi connectivity index (χ1v) is 7.57. The van der Waals surface area contributed by atoms with Gasteiger partial charge in [-0.3, -0.25) is 9.88 Å². The molecule has 0 aliphatic carbocycles. The van der Waals surface area contributed by atoms with E-state index in [1.807, 2.05) is 0 Å². The Bertz CT molecular complexity index is 466. The Hall–Kier alpha value is -1.00. The second-order valence-corrected chi connectivity index (χ2v) is 6.28. The summed E-state index contributed by atoms with van der Waals surface area (Å²) in [5, 5.41) is 0. The molecule has 2 fully saturated rings. The van der Waals surface area contributed by atoms with E-state index in [1.54, 1.807) is 0 Å². The largest absolute Gasteiger partial charge is 0.381 e. The van der Waals surface area contributed by atoms with Gasteiger partial charge in [-0.15, -0.1) is 0 Å². The molecule has 0 radical (unpaired) electrons. The first kappa shape index (κ1) is 14.0. The molecule has 3 rings (SSSR count). The number of hydrogen-bond acceptors (Lipinski definition) is 3. The van der Waals surface area contributed by atoms with Gasteiger partial charge in [0.05, 0.1) is 12.3 Å². The molecule has 0 bridgehead atoms. The second kappa shape index (κ2) is 5.78. The number of halogens is 1. The van der Waals surface area contributed by atoms with E-state index >= 15 is 0 Å². The van der Waals surface area contributed by atoms with Gasteiger partial charge in [-0.25, -0.2) is 4.39 Å². The molecule has 4 heteroatoms. The number of ether oxygens (including phenoxy) is 1. The third-order valence-electron chi connectivity index (χ3n) is 4.28. The molecule has 0 saturated carbocycles. The van der Waals surface area contributed by atoms with Gasteiger partial charge in [-0.05, 0) is 24.0 Å². The standard InChI is InChI=1S/C16H23FN2O/c1-11(2)15-4-3-14(12-5-6-20-10-12)16(18-15)9-19-7-13(17)8-19/h3-4,11-13H,5-10H2,1-2H3/t12-/m0/s1. The van der Waals surface area contributed by atoms with Gasteiger partial charge < -0.3 is 4.74 Å². The van der Waals surface area contributed by atoms with Gasteiger partial charge in [-0.1, -0.05) is 19.9 Å². The van der Waals surface area contributed by atoms with Gasteiger partial charge in [0.25, 0.3) is 0 Å². The third-order valence-corrected chi connectivity index (χ3v) is 4.28. The average molecular weight is 278 g/mol. The van der Waals surface area contributed by atoms with Crippen molar-refractivity contribution < 1.29 is 9.13 Å². The lowest BCUT2D eigenvalue weighted by Gasteiger charge is -2.34. The molecule has 1 atom stereocenters. The molecule has 20 heavy (non-hydrogen) atoms. The van der Waals surface area contributed by atoms with Crippen molar-refractivity contribution in [3.05, 3.63) is 29.1 Å². The second-order valence-electron chi connectivity index (χ2n) is 6.28. The number of likely N-dealkylation sites (tertiary alicyclic amines) is 1. The highest BCUT2D eigenvalue weighted by Crippen LogP contribution is 2.30. The summed E-state index contributed by atoms with van der Waals surface area (Å²) in [5.41, 5.74) is 3.55. The maximum Gasteiger partial charge on any atom is 0.125 e. The molecule has 1 aromatic heterocycles. The maximum absolute atomic E-state index is 13.0. The lowest BCUT2D eigenvalue weighted by Crippen LogP contribution is -2.47. The lowest BCUT2D eigenvalue weighted by molar-refractivity contribution is 0.0576. The molecule has 2 saturated heterocycles. The smallest absolute Gasteiger partial charge is 0.125 e. The van der Waals surface area contributed by atoms with Crippen LogP contribution < -0.4 is 0 Å².